The minimum Gasteiger partial charge on any atom is -0.478 e. The highest BCUT2D eigenvalue weighted by molar-refractivity contribution is 6.11. The van der Waals surface area contributed by atoms with Gasteiger partial charge in [-0.1, -0.05) is 19.1 Å². The zero-order chi connectivity index (χ0) is 21.7. The SMILES string of the molecule is C[C@H](Cc1nncn1C)c1cccc(N2Cc3c(cc(C(=O)O)cc3C3CC3)C2=O)c1. The fourth-order valence-corrected chi connectivity index (χ4v) is 4.41. The fraction of sp³-hybridized carbons (Fsp3) is 0.333. The number of amides is 1. The minimum atomic E-state index is -0.990. The van der Waals surface area contributed by atoms with Crippen LogP contribution in [0.3, 0.4) is 0 Å². The van der Waals surface area contributed by atoms with Crippen molar-refractivity contribution in [1.82, 2.24) is 14.8 Å². The summed E-state index contributed by atoms with van der Waals surface area (Å²) in [4.78, 5) is 26.6. The Morgan fingerprint density at radius 1 is 1.26 bits per heavy atom. The van der Waals surface area contributed by atoms with Gasteiger partial charge in [-0.05, 0) is 65.6 Å². The largest absolute Gasteiger partial charge is 0.478 e. The summed E-state index contributed by atoms with van der Waals surface area (Å²) in [6, 6.07) is 11.3. The van der Waals surface area contributed by atoms with Crippen LogP contribution in [0.15, 0.2) is 42.7 Å². The van der Waals surface area contributed by atoms with E-state index < -0.39 is 5.97 Å². The average Bonchev–Trinajstić information content (AvgIpc) is 3.45. The van der Waals surface area contributed by atoms with Gasteiger partial charge in [0.15, 0.2) is 0 Å². The molecule has 2 heterocycles. The molecule has 1 fully saturated rings. The Kier molecular flexibility index (Phi) is 4.61. The average molecular weight is 416 g/mol. The number of carbonyl (C=O) groups excluding carboxylic acids is 1. The summed E-state index contributed by atoms with van der Waals surface area (Å²) in [7, 11) is 1.93. The zero-order valence-electron chi connectivity index (χ0n) is 17.6. The van der Waals surface area contributed by atoms with E-state index in [-0.39, 0.29) is 17.4 Å². The number of carboxylic acid groups (broad SMARTS) is 1. The molecule has 31 heavy (non-hydrogen) atoms. The standard InChI is InChI=1S/C24H24N4O3/c1-14(8-22-26-25-13-27(22)2)16-4-3-5-18(9-16)28-12-21-19(15-6-7-15)10-17(24(30)31)11-20(21)23(28)29/h3-5,9-11,13-15H,6-8,12H2,1-2H3,(H,30,31)/t14-/m1/s1. The molecule has 0 spiro atoms. The van der Waals surface area contributed by atoms with Crippen LogP contribution in [-0.4, -0.2) is 31.7 Å². The van der Waals surface area contributed by atoms with Gasteiger partial charge >= 0.3 is 5.97 Å². The number of nitrogens with zero attached hydrogens (tertiary/aromatic N) is 4. The van der Waals surface area contributed by atoms with E-state index in [4.69, 9.17) is 0 Å². The predicted octanol–water partition coefficient (Wildman–Crippen LogP) is 3.90. The molecular formula is C24H24N4O3. The maximum atomic E-state index is 13.3. The number of anilines is 1. The van der Waals surface area contributed by atoms with E-state index in [1.165, 1.54) is 6.07 Å². The summed E-state index contributed by atoms with van der Waals surface area (Å²) in [6.07, 6.45) is 4.56. The Labute approximate surface area is 180 Å². The van der Waals surface area contributed by atoms with Crippen molar-refractivity contribution in [1.29, 1.82) is 0 Å². The lowest BCUT2D eigenvalue weighted by atomic mass is 9.96. The molecule has 7 nitrogen and oxygen atoms in total. The Hall–Kier alpha value is -3.48. The van der Waals surface area contributed by atoms with Gasteiger partial charge in [0.25, 0.3) is 5.91 Å². The monoisotopic (exact) mass is 416 g/mol. The second kappa shape index (κ2) is 7.34. The third kappa shape index (κ3) is 3.50. The highest BCUT2D eigenvalue weighted by atomic mass is 16.4. The number of fused-ring (bicyclic) bond motifs is 1. The third-order valence-electron chi connectivity index (χ3n) is 6.39. The summed E-state index contributed by atoms with van der Waals surface area (Å²) in [5.74, 6) is 0.383. The molecule has 158 valence electrons. The van der Waals surface area contributed by atoms with Crippen molar-refractivity contribution in [2.45, 2.75) is 44.6 Å². The molecule has 0 radical (unpaired) electrons. The molecule has 1 aliphatic carbocycles. The van der Waals surface area contributed by atoms with E-state index in [2.05, 4.69) is 29.3 Å². The van der Waals surface area contributed by atoms with Gasteiger partial charge in [0.05, 0.1) is 12.1 Å². The third-order valence-corrected chi connectivity index (χ3v) is 6.39. The van der Waals surface area contributed by atoms with Gasteiger partial charge in [-0.2, -0.15) is 0 Å². The van der Waals surface area contributed by atoms with Crippen molar-refractivity contribution in [3.8, 4) is 0 Å². The van der Waals surface area contributed by atoms with Gasteiger partial charge in [0.2, 0.25) is 0 Å². The van der Waals surface area contributed by atoms with E-state index in [0.29, 0.717) is 18.0 Å². The van der Waals surface area contributed by atoms with Crippen LogP contribution in [0.5, 0.6) is 0 Å². The Balaban J connectivity index is 1.45. The highest BCUT2D eigenvalue weighted by Gasteiger charge is 2.36. The number of hydrogen-bond acceptors (Lipinski definition) is 4. The van der Waals surface area contributed by atoms with E-state index in [1.807, 2.05) is 23.7 Å². The van der Waals surface area contributed by atoms with Crippen molar-refractivity contribution < 1.29 is 14.7 Å². The smallest absolute Gasteiger partial charge is 0.335 e. The van der Waals surface area contributed by atoms with Crippen LogP contribution >= 0.6 is 0 Å². The summed E-state index contributed by atoms with van der Waals surface area (Å²) in [5, 5.41) is 17.6. The number of rotatable bonds is 6. The molecular weight excluding hydrogens is 392 g/mol. The molecule has 5 rings (SSSR count). The van der Waals surface area contributed by atoms with Crippen molar-refractivity contribution in [2.24, 2.45) is 7.05 Å². The lowest BCUT2D eigenvalue weighted by Crippen LogP contribution is -2.23. The van der Waals surface area contributed by atoms with Gasteiger partial charge in [-0.3, -0.25) is 4.79 Å². The first-order chi connectivity index (χ1) is 14.9. The van der Waals surface area contributed by atoms with Crippen LogP contribution in [0.1, 0.15) is 74.8 Å². The van der Waals surface area contributed by atoms with Gasteiger partial charge in [0.1, 0.15) is 12.2 Å². The summed E-state index contributed by atoms with van der Waals surface area (Å²) in [6.45, 7) is 2.62. The maximum absolute atomic E-state index is 13.3. The van der Waals surface area contributed by atoms with Crippen LogP contribution < -0.4 is 4.90 Å². The number of carbonyl (C=O) groups is 2. The first kappa shape index (κ1) is 19.5. The number of aryl methyl sites for hydroxylation is 1. The second-order valence-corrected chi connectivity index (χ2v) is 8.62. The molecule has 2 aromatic carbocycles. The molecule has 1 atom stereocenters. The molecule has 1 N–H and O–H groups in total. The quantitative estimate of drug-likeness (QED) is 0.658. The molecule has 0 saturated heterocycles. The lowest BCUT2D eigenvalue weighted by Gasteiger charge is -2.19. The summed E-state index contributed by atoms with van der Waals surface area (Å²) in [5.41, 5.74) is 4.69. The van der Waals surface area contributed by atoms with Crippen molar-refractivity contribution in [3.63, 3.8) is 0 Å². The van der Waals surface area contributed by atoms with Gasteiger partial charge in [-0.25, -0.2) is 4.79 Å². The molecule has 0 unspecified atom stereocenters. The molecule has 3 aromatic rings. The first-order valence-electron chi connectivity index (χ1n) is 10.6. The second-order valence-electron chi connectivity index (χ2n) is 8.62. The molecule has 7 heteroatoms. The molecule has 1 aromatic heterocycles. The summed E-state index contributed by atoms with van der Waals surface area (Å²) < 4.78 is 1.92. The molecule has 1 amide bonds. The van der Waals surface area contributed by atoms with Crippen LogP contribution in [0, 0.1) is 0 Å². The number of benzene rings is 2. The van der Waals surface area contributed by atoms with Gasteiger partial charge < -0.3 is 14.6 Å². The number of aromatic nitrogens is 3. The number of aromatic carboxylic acids is 1. The van der Waals surface area contributed by atoms with E-state index in [9.17, 15) is 14.7 Å². The van der Waals surface area contributed by atoms with E-state index >= 15 is 0 Å². The normalized spacial score (nSPS) is 16.5. The van der Waals surface area contributed by atoms with E-state index in [1.54, 1.807) is 17.3 Å². The molecule has 0 bridgehead atoms. The lowest BCUT2D eigenvalue weighted by molar-refractivity contribution is 0.0696. The zero-order valence-corrected chi connectivity index (χ0v) is 17.6. The van der Waals surface area contributed by atoms with Crippen LogP contribution in [-0.2, 0) is 20.0 Å². The molecule has 1 aliphatic heterocycles. The predicted molar refractivity (Wildman–Crippen MR) is 115 cm³/mol. The Bertz CT molecular complexity index is 1200. The highest BCUT2D eigenvalue weighted by Crippen LogP contribution is 2.45. The van der Waals surface area contributed by atoms with Crippen LogP contribution in [0.4, 0.5) is 5.69 Å². The van der Waals surface area contributed by atoms with Crippen molar-refractivity contribution in [2.75, 3.05) is 4.90 Å². The maximum Gasteiger partial charge on any atom is 0.335 e. The van der Waals surface area contributed by atoms with Crippen molar-refractivity contribution in [3.05, 3.63) is 76.4 Å². The minimum absolute atomic E-state index is 0.127. The molecule has 2 aliphatic rings. The Morgan fingerprint density at radius 3 is 2.74 bits per heavy atom. The van der Waals surface area contributed by atoms with Gasteiger partial charge in [-0.15, -0.1) is 10.2 Å². The van der Waals surface area contributed by atoms with Crippen LogP contribution in [0.25, 0.3) is 0 Å². The number of hydrogen-bond donors (Lipinski definition) is 1. The Morgan fingerprint density at radius 2 is 2.06 bits per heavy atom. The first-order valence-corrected chi connectivity index (χ1v) is 10.6. The molecule has 1 saturated carbocycles. The number of carboxylic acids is 1. The van der Waals surface area contributed by atoms with Crippen molar-refractivity contribution >= 4 is 17.6 Å². The van der Waals surface area contributed by atoms with Gasteiger partial charge in [0, 0.05) is 24.7 Å². The summed E-state index contributed by atoms with van der Waals surface area (Å²) >= 11 is 0. The van der Waals surface area contributed by atoms with E-state index in [0.717, 1.165) is 47.5 Å². The fourth-order valence-electron chi connectivity index (χ4n) is 4.41. The topological polar surface area (TPSA) is 88.3 Å². The van der Waals surface area contributed by atoms with Crippen LogP contribution in [0.2, 0.25) is 0 Å².